The first-order valence-corrected chi connectivity index (χ1v) is 7.77. The van der Waals surface area contributed by atoms with E-state index in [1.54, 1.807) is 0 Å². The van der Waals surface area contributed by atoms with Gasteiger partial charge in [0.2, 0.25) is 5.95 Å². The lowest BCUT2D eigenvalue weighted by atomic mass is 10.0. The van der Waals surface area contributed by atoms with Gasteiger partial charge < -0.3 is 30.5 Å². The normalized spacial score (nSPS) is 28.5. The summed E-state index contributed by atoms with van der Waals surface area (Å²) in [6.45, 7) is -0.790. The summed E-state index contributed by atoms with van der Waals surface area (Å²) in [5.41, 5.74) is 3.25. The third kappa shape index (κ3) is 2.81. The highest BCUT2D eigenvalue weighted by atomic mass is 16.6. The number of nitrogens with zero attached hydrogens (tertiary/aromatic N) is 4. The Labute approximate surface area is 146 Å². The van der Waals surface area contributed by atoms with E-state index in [4.69, 9.17) is 20.5 Å². The molecule has 1 fully saturated rings. The van der Waals surface area contributed by atoms with Crippen molar-refractivity contribution in [1.29, 1.82) is 5.26 Å². The van der Waals surface area contributed by atoms with Gasteiger partial charge in [0.15, 0.2) is 16.9 Å². The molecule has 3 rings (SSSR count). The van der Waals surface area contributed by atoms with Crippen LogP contribution in [0.5, 0.6) is 0 Å². The van der Waals surface area contributed by atoms with E-state index in [2.05, 4.69) is 15.0 Å². The van der Waals surface area contributed by atoms with Gasteiger partial charge in [-0.1, -0.05) is 0 Å². The quantitative estimate of drug-likeness (QED) is 0.338. The number of nitrogens with two attached hydrogens (primary N) is 1. The average Bonchev–Trinajstić information content (AvgIpc) is 3.14. The molecule has 1 aliphatic heterocycles. The standard InChI is InChI=1S/C14H18N6O6/c15-2-1-3-25-5-14(10(23)9(22)7(4-21)26-14)20-6-17-8-11(20)18-13(16)19-12(8)24/h6-7,9-10,21-23H,1,3-5H2,(H3,16,18,19,24)/t7-,9-,10-,14-/m1/s1. The monoisotopic (exact) mass is 366 g/mol. The Morgan fingerprint density at radius 1 is 1.54 bits per heavy atom. The van der Waals surface area contributed by atoms with Gasteiger partial charge in [0.25, 0.3) is 5.56 Å². The second-order valence-electron chi connectivity index (χ2n) is 5.82. The molecule has 4 atom stereocenters. The Morgan fingerprint density at radius 2 is 2.31 bits per heavy atom. The van der Waals surface area contributed by atoms with Crippen LogP contribution in [0.3, 0.4) is 0 Å². The molecular formula is C14H18N6O6. The lowest BCUT2D eigenvalue weighted by Crippen LogP contribution is -2.49. The maximum absolute atomic E-state index is 12.0. The minimum absolute atomic E-state index is 0.0139. The van der Waals surface area contributed by atoms with Gasteiger partial charge in [0.1, 0.15) is 18.3 Å². The van der Waals surface area contributed by atoms with Crippen molar-refractivity contribution >= 4 is 17.1 Å². The van der Waals surface area contributed by atoms with Crippen LogP contribution in [0.25, 0.3) is 11.2 Å². The Balaban J connectivity index is 2.10. The summed E-state index contributed by atoms with van der Waals surface area (Å²) in [4.78, 5) is 22.3. The molecule has 0 bridgehead atoms. The van der Waals surface area contributed by atoms with Gasteiger partial charge in [-0.15, -0.1) is 0 Å². The lowest BCUT2D eigenvalue weighted by molar-refractivity contribution is -0.180. The molecule has 2 aromatic heterocycles. The largest absolute Gasteiger partial charge is 0.394 e. The number of aliphatic hydroxyl groups excluding tert-OH is 3. The van der Waals surface area contributed by atoms with Crippen LogP contribution in [-0.2, 0) is 15.2 Å². The average molecular weight is 366 g/mol. The Morgan fingerprint density at radius 3 is 2.96 bits per heavy atom. The van der Waals surface area contributed by atoms with Crippen molar-refractivity contribution in [2.24, 2.45) is 0 Å². The van der Waals surface area contributed by atoms with Crippen LogP contribution in [-0.4, -0.2) is 73.0 Å². The van der Waals surface area contributed by atoms with E-state index in [0.29, 0.717) is 0 Å². The summed E-state index contributed by atoms with van der Waals surface area (Å²) in [6.07, 6.45) is -2.73. The fraction of sp³-hybridized carbons (Fsp3) is 0.571. The second kappa shape index (κ2) is 6.98. The number of nitriles is 1. The molecule has 12 heteroatoms. The summed E-state index contributed by atoms with van der Waals surface area (Å²) in [7, 11) is 0. The summed E-state index contributed by atoms with van der Waals surface area (Å²) in [6, 6.07) is 1.91. The number of ether oxygens (including phenoxy) is 2. The van der Waals surface area contributed by atoms with E-state index < -0.39 is 36.2 Å². The first-order valence-electron chi connectivity index (χ1n) is 7.77. The predicted molar refractivity (Wildman–Crippen MR) is 85.6 cm³/mol. The molecule has 0 spiro atoms. The van der Waals surface area contributed by atoms with E-state index in [1.807, 2.05) is 6.07 Å². The number of hydrogen-bond donors (Lipinski definition) is 5. The number of rotatable bonds is 6. The summed E-state index contributed by atoms with van der Waals surface area (Å²) in [5.74, 6) is -0.170. The Kier molecular flexibility index (Phi) is 4.90. The van der Waals surface area contributed by atoms with Crippen molar-refractivity contribution in [2.45, 2.75) is 30.5 Å². The Hall–Kier alpha value is -2.56. The third-order valence-electron chi connectivity index (χ3n) is 4.20. The van der Waals surface area contributed by atoms with Crippen LogP contribution in [0.1, 0.15) is 6.42 Å². The molecule has 0 saturated carbocycles. The number of imidazole rings is 1. The molecule has 0 aliphatic carbocycles. The number of aliphatic hydroxyl groups is 3. The van der Waals surface area contributed by atoms with Gasteiger partial charge >= 0.3 is 0 Å². The van der Waals surface area contributed by atoms with Crippen LogP contribution < -0.4 is 11.3 Å². The maximum atomic E-state index is 12.0. The van der Waals surface area contributed by atoms with Crippen molar-refractivity contribution in [3.8, 4) is 6.07 Å². The number of aromatic amines is 1. The number of nitrogen functional groups attached to an aromatic ring is 1. The van der Waals surface area contributed by atoms with Crippen LogP contribution >= 0.6 is 0 Å². The van der Waals surface area contributed by atoms with Gasteiger partial charge in [-0.2, -0.15) is 10.2 Å². The van der Waals surface area contributed by atoms with Gasteiger partial charge in [-0.25, -0.2) is 4.98 Å². The van der Waals surface area contributed by atoms with Gasteiger partial charge in [-0.05, 0) is 0 Å². The summed E-state index contributed by atoms with van der Waals surface area (Å²) >= 11 is 0. The minimum Gasteiger partial charge on any atom is -0.394 e. The molecule has 140 valence electrons. The fourth-order valence-electron chi connectivity index (χ4n) is 2.94. The number of hydrogen-bond acceptors (Lipinski definition) is 10. The maximum Gasteiger partial charge on any atom is 0.280 e. The predicted octanol–water partition coefficient (Wildman–Crippen LogP) is -2.60. The van der Waals surface area contributed by atoms with Crippen LogP contribution in [0, 0.1) is 11.3 Å². The highest BCUT2D eigenvalue weighted by molar-refractivity contribution is 5.70. The minimum atomic E-state index is -1.72. The summed E-state index contributed by atoms with van der Waals surface area (Å²) in [5, 5.41) is 38.8. The SMILES string of the molecule is N#CCCOC[C@@]1(n2cnc3c(=O)[nH]c(N)nc32)O[C@H](CO)[C@@H](O)[C@H]1O. The number of aromatic nitrogens is 4. The first-order chi connectivity index (χ1) is 12.4. The zero-order valence-corrected chi connectivity index (χ0v) is 13.6. The topological polar surface area (TPSA) is 193 Å². The number of nitrogens with one attached hydrogen (secondary N) is 1. The number of H-pyrrole nitrogens is 1. The van der Waals surface area contributed by atoms with E-state index >= 15 is 0 Å². The van der Waals surface area contributed by atoms with E-state index in [1.165, 1.54) is 10.9 Å². The number of anilines is 1. The molecule has 1 aliphatic rings. The molecule has 1 saturated heterocycles. The van der Waals surface area contributed by atoms with Crippen molar-refractivity contribution in [3.63, 3.8) is 0 Å². The Bertz CT molecular complexity index is 890. The van der Waals surface area contributed by atoms with Crippen LogP contribution in [0.4, 0.5) is 5.95 Å². The second-order valence-corrected chi connectivity index (χ2v) is 5.82. The van der Waals surface area contributed by atoms with Gasteiger partial charge in [0.05, 0.1) is 38.6 Å². The lowest BCUT2D eigenvalue weighted by Gasteiger charge is -2.33. The fourth-order valence-corrected chi connectivity index (χ4v) is 2.94. The zero-order valence-electron chi connectivity index (χ0n) is 13.6. The van der Waals surface area contributed by atoms with E-state index in [0.717, 1.165) is 0 Å². The molecule has 26 heavy (non-hydrogen) atoms. The molecule has 2 aromatic rings. The van der Waals surface area contributed by atoms with Crippen molar-refractivity contribution in [3.05, 3.63) is 16.7 Å². The van der Waals surface area contributed by atoms with Crippen LogP contribution in [0.2, 0.25) is 0 Å². The van der Waals surface area contributed by atoms with Gasteiger partial charge in [0, 0.05) is 0 Å². The molecule has 3 heterocycles. The molecule has 12 nitrogen and oxygen atoms in total. The van der Waals surface area contributed by atoms with Gasteiger partial charge in [-0.3, -0.25) is 14.3 Å². The molecule has 0 amide bonds. The van der Waals surface area contributed by atoms with Crippen LogP contribution in [0.15, 0.2) is 11.1 Å². The molecule has 0 aromatic carbocycles. The molecule has 0 radical (unpaired) electrons. The van der Waals surface area contributed by atoms with E-state index in [-0.39, 0.29) is 36.7 Å². The zero-order chi connectivity index (χ0) is 18.9. The smallest absolute Gasteiger partial charge is 0.280 e. The number of fused-ring (bicyclic) bond motifs is 1. The van der Waals surface area contributed by atoms with Crippen molar-refractivity contribution < 1.29 is 24.8 Å². The first kappa shape index (κ1) is 18.2. The van der Waals surface area contributed by atoms with Crippen molar-refractivity contribution in [1.82, 2.24) is 19.5 Å². The van der Waals surface area contributed by atoms with Crippen molar-refractivity contribution in [2.75, 3.05) is 25.6 Å². The molecule has 0 unspecified atom stereocenters. The summed E-state index contributed by atoms with van der Waals surface area (Å²) < 4.78 is 12.4. The third-order valence-corrected chi connectivity index (χ3v) is 4.20. The van der Waals surface area contributed by atoms with E-state index in [9.17, 15) is 20.1 Å². The highest BCUT2D eigenvalue weighted by Gasteiger charge is 2.56. The molecule has 6 N–H and O–H groups in total. The molecular weight excluding hydrogens is 348 g/mol. The highest BCUT2D eigenvalue weighted by Crippen LogP contribution is 2.37.